The third kappa shape index (κ3) is 6.03. The van der Waals surface area contributed by atoms with Crippen molar-refractivity contribution in [1.29, 1.82) is 0 Å². The molecule has 7 heteroatoms. The number of nitrogens with one attached hydrogen (secondary N) is 1. The predicted molar refractivity (Wildman–Crippen MR) is 70.9 cm³/mol. The van der Waals surface area contributed by atoms with Gasteiger partial charge in [-0.05, 0) is 24.1 Å². The second-order valence-corrected chi connectivity index (χ2v) is 4.37. The van der Waals surface area contributed by atoms with Gasteiger partial charge in [-0.25, -0.2) is 9.18 Å². The molecule has 0 radical (unpaired) electrons. The van der Waals surface area contributed by atoms with Crippen molar-refractivity contribution in [3.63, 3.8) is 0 Å². The third-order valence-corrected chi connectivity index (χ3v) is 2.79. The van der Waals surface area contributed by atoms with E-state index in [-0.39, 0.29) is 12.2 Å². The van der Waals surface area contributed by atoms with Crippen LogP contribution in [0.3, 0.4) is 0 Å². The first-order valence-corrected chi connectivity index (χ1v) is 6.25. The molecular weight excluding hydrogens is 281 g/mol. The van der Waals surface area contributed by atoms with E-state index in [1.807, 2.05) is 0 Å². The standard InChI is InChI=1S/C14H16FNO5/c1-21-13(18)8-11(14(19)20)16-12(17)7-4-9-2-5-10(15)6-3-9/h2-3,5-6,11H,4,7-8H2,1H3,(H,16,17)(H,19,20)/t11-/m0/s1. The van der Waals surface area contributed by atoms with E-state index in [1.165, 1.54) is 12.1 Å². The van der Waals surface area contributed by atoms with Crippen LogP contribution in [0.4, 0.5) is 4.39 Å². The van der Waals surface area contributed by atoms with Crippen LogP contribution in [0.2, 0.25) is 0 Å². The number of rotatable bonds is 7. The summed E-state index contributed by atoms with van der Waals surface area (Å²) < 4.78 is 17.1. The highest BCUT2D eigenvalue weighted by Crippen LogP contribution is 2.06. The summed E-state index contributed by atoms with van der Waals surface area (Å²) >= 11 is 0. The largest absolute Gasteiger partial charge is 0.480 e. The predicted octanol–water partition coefficient (Wildman–Crippen LogP) is 0.891. The molecule has 1 aromatic rings. The fourth-order valence-electron chi connectivity index (χ4n) is 1.63. The van der Waals surface area contributed by atoms with E-state index in [4.69, 9.17) is 5.11 Å². The van der Waals surface area contributed by atoms with Crippen LogP contribution < -0.4 is 5.32 Å². The number of hydrogen-bond acceptors (Lipinski definition) is 4. The molecule has 0 aliphatic heterocycles. The molecule has 0 spiro atoms. The zero-order chi connectivity index (χ0) is 15.8. The molecule has 0 unspecified atom stereocenters. The summed E-state index contributed by atoms with van der Waals surface area (Å²) in [6.07, 6.45) is -0.0542. The lowest BCUT2D eigenvalue weighted by Crippen LogP contribution is -2.42. The van der Waals surface area contributed by atoms with Gasteiger partial charge in [0.2, 0.25) is 5.91 Å². The first-order valence-electron chi connectivity index (χ1n) is 6.25. The molecule has 0 aromatic heterocycles. The lowest BCUT2D eigenvalue weighted by molar-refractivity contribution is -0.148. The first-order chi connectivity index (χ1) is 9.92. The molecule has 0 fully saturated rings. The first kappa shape index (κ1) is 16.6. The van der Waals surface area contributed by atoms with Crippen LogP contribution in [0, 0.1) is 5.82 Å². The summed E-state index contributed by atoms with van der Waals surface area (Å²) in [5.41, 5.74) is 0.756. The van der Waals surface area contributed by atoms with Gasteiger partial charge in [0, 0.05) is 6.42 Å². The Kier molecular flexibility index (Phi) is 6.32. The summed E-state index contributed by atoms with van der Waals surface area (Å²) in [4.78, 5) is 33.6. The fraction of sp³-hybridized carbons (Fsp3) is 0.357. The molecular formula is C14H16FNO5. The summed E-state index contributed by atoms with van der Waals surface area (Å²) in [6.45, 7) is 0. The highest BCUT2D eigenvalue weighted by molar-refractivity contribution is 5.87. The van der Waals surface area contributed by atoms with Crippen molar-refractivity contribution in [2.45, 2.75) is 25.3 Å². The lowest BCUT2D eigenvalue weighted by Gasteiger charge is -2.13. The van der Waals surface area contributed by atoms with Crippen molar-refractivity contribution < 1.29 is 28.6 Å². The van der Waals surface area contributed by atoms with E-state index in [0.29, 0.717) is 6.42 Å². The number of amides is 1. The number of hydrogen-bond donors (Lipinski definition) is 2. The van der Waals surface area contributed by atoms with Crippen molar-refractivity contribution >= 4 is 17.8 Å². The van der Waals surface area contributed by atoms with Crippen LogP contribution >= 0.6 is 0 Å². The van der Waals surface area contributed by atoms with Gasteiger partial charge in [0.1, 0.15) is 11.9 Å². The molecule has 1 rings (SSSR count). The fourth-order valence-corrected chi connectivity index (χ4v) is 1.63. The molecule has 21 heavy (non-hydrogen) atoms. The van der Waals surface area contributed by atoms with Gasteiger partial charge in [-0.2, -0.15) is 0 Å². The number of carboxylic acid groups (broad SMARTS) is 1. The van der Waals surface area contributed by atoms with Crippen LogP contribution in [0.15, 0.2) is 24.3 Å². The molecule has 0 aliphatic carbocycles. The minimum atomic E-state index is -1.32. The highest BCUT2D eigenvalue weighted by atomic mass is 19.1. The van der Waals surface area contributed by atoms with Crippen LogP contribution in [0.25, 0.3) is 0 Å². The molecule has 1 aromatic carbocycles. The highest BCUT2D eigenvalue weighted by Gasteiger charge is 2.23. The number of methoxy groups -OCH3 is 1. The quantitative estimate of drug-likeness (QED) is 0.729. The van der Waals surface area contributed by atoms with Crippen molar-refractivity contribution in [3.05, 3.63) is 35.6 Å². The summed E-state index contributed by atoms with van der Waals surface area (Å²) in [5, 5.41) is 11.2. The van der Waals surface area contributed by atoms with Crippen molar-refractivity contribution in [3.8, 4) is 0 Å². The van der Waals surface area contributed by atoms with Gasteiger partial charge in [0.15, 0.2) is 0 Å². The number of ether oxygens (including phenoxy) is 1. The number of aliphatic carboxylic acids is 1. The SMILES string of the molecule is COC(=O)C[C@H](NC(=O)CCc1ccc(F)cc1)C(=O)O. The number of carbonyl (C=O) groups is 3. The van der Waals surface area contributed by atoms with E-state index >= 15 is 0 Å². The molecule has 6 nitrogen and oxygen atoms in total. The minimum Gasteiger partial charge on any atom is -0.480 e. The Morgan fingerprint density at radius 2 is 1.90 bits per heavy atom. The Hall–Kier alpha value is -2.44. The Labute approximate surface area is 120 Å². The minimum absolute atomic E-state index is 0.0383. The van der Waals surface area contributed by atoms with Crippen LogP contribution in [0.1, 0.15) is 18.4 Å². The third-order valence-electron chi connectivity index (χ3n) is 2.79. The molecule has 0 heterocycles. The van der Waals surface area contributed by atoms with Gasteiger partial charge in [-0.15, -0.1) is 0 Å². The maximum Gasteiger partial charge on any atom is 0.326 e. The molecule has 2 N–H and O–H groups in total. The maximum absolute atomic E-state index is 12.7. The van der Waals surface area contributed by atoms with Gasteiger partial charge < -0.3 is 15.2 Å². The average molecular weight is 297 g/mol. The smallest absolute Gasteiger partial charge is 0.326 e. The Balaban J connectivity index is 2.48. The number of halogens is 1. The van der Waals surface area contributed by atoms with Gasteiger partial charge in [-0.1, -0.05) is 12.1 Å². The lowest BCUT2D eigenvalue weighted by atomic mass is 10.1. The van der Waals surface area contributed by atoms with Gasteiger partial charge >= 0.3 is 11.9 Å². The van der Waals surface area contributed by atoms with E-state index < -0.39 is 30.3 Å². The Bertz CT molecular complexity index is 515. The number of benzene rings is 1. The summed E-state index contributed by atoms with van der Waals surface area (Å²) in [7, 11) is 1.14. The van der Waals surface area contributed by atoms with Crippen LogP contribution in [0.5, 0.6) is 0 Å². The molecule has 114 valence electrons. The molecule has 0 bridgehead atoms. The maximum atomic E-state index is 12.7. The molecule has 0 saturated carbocycles. The molecule has 1 atom stereocenters. The van der Waals surface area contributed by atoms with Gasteiger partial charge in [-0.3, -0.25) is 9.59 Å². The molecule has 0 aliphatic rings. The van der Waals surface area contributed by atoms with E-state index in [9.17, 15) is 18.8 Å². The van der Waals surface area contributed by atoms with Gasteiger partial charge in [0.25, 0.3) is 0 Å². The summed E-state index contributed by atoms with van der Waals surface area (Å²) in [6, 6.07) is 4.34. The normalized spacial score (nSPS) is 11.5. The van der Waals surface area contributed by atoms with E-state index in [1.54, 1.807) is 12.1 Å². The van der Waals surface area contributed by atoms with Crippen molar-refractivity contribution in [2.24, 2.45) is 0 Å². The molecule has 1 amide bonds. The van der Waals surface area contributed by atoms with E-state index in [0.717, 1.165) is 12.7 Å². The monoisotopic (exact) mass is 297 g/mol. The van der Waals surface area contributed by atoms with Crippen molar-refractivity contribution in [2.75, 3.05) is 7.11 Å². The van der Waals surface area contributed by atoms with Gasteiger partial charge in [0.05, 0.1) is 13.5 Å². The van der Waals surface area contributed by atoms with Crippen LogP contribution in [-0.2, 0) is 25.5 Å². The second kappa shape index (κ2) is 7.98. The van der Waals surface area contributed by atoms with Crippen LogP contribution in [-0.4, -0.2) is 36.1 Å². The zero-order valence-corrected chi connectivity index (χ0v) is 11.5. The average Bonchev–Trinajstić information content (AvgIpc) is 2.45. The number of aryl methyl sites for hydroxylation is 1. The number of esters is 1. The Morgan fingerprint density at radius 1 is 1.29 bits per heavy atom. The molecule has 0 saturated heterocycles. The van der Waals surface area contributed by atoms with E-state index in [2.05, 4.69) is 10.1 Å². The number of carbonyl (C=O) groups excluding carboxylic acids is 2. The zero-order valence-electron chi connectivity index (χ0n) is 11.5. The second-order valence-electron chi connectivity index (χ2n) is 4.37. The van der Waals surface area contributed by atoms with Crippen molar-refractivity contribution in [1.82, 2.24) is 5.32 Å². The summed E-state index contributed by atoms with van der Waals surface area (Å²) in [5.74, 6) is -2.90. The number of carboxylic acids is 1. The topological polar surface area (TPSA) is 92.7 Å². The Morgan fingerprint density at radius 3 is 2.43 bits per heavy atom.